The van der Waals surface area contributed by atoms with E-state index in [1.807, 2.05) is 0 Å². The quantitative estimate of drug-likeness (QED) is 0.433. The Morgan fingerprint density at radius 2 is 2.04 bits per heavy atom. The van der Waals surface area contributed by atoms with Gasteiger partial charge in [-0.15, -0.1) is 0 Å². The first-order valence-corrected chi connectivity index (χ1v) is 8.45. The smallest absolute Gasteiger partial charge is 0.338 e. The van der Waals surface area contributed by atoms with Crippen LogP contribution in [0.2, 0.25) is 5.02 Å². The molecule has 3 rings (SSSR count). The van der Waals surface area contributed by atoms with Crippen LogP contribution in [-0.4, -0.2) is 31.2 Å². The number of hydrogen-bond acceptors (Lipinski definition) is 7. The Bertz CT molecular complexity index is 884. The molecule has 0 amide bonds. The first kappa shape index (κ1) is 18.8. The number of methoxy groups -OCH3 is 1. The van der Waals surface area contributed by atoms with Crippen molar-refractivity contribution in [2.24, 2.45) is 0 Å². The lowest BCUT2D eigenvalue weighted by Crippen LogP contribution is -2.07. The third kappa shape index (κ3) is 4.22. The lowest BCUT2D eigenvalue weighted by Gasteiger charge is -2.12. The number of carbonyl (C=O) groups is 1. The summed E-state index contributed by atoms with van der Waals surface area (Å²) in [4.78, 5) is 22.7. The van der Waals surface area contributed by atoms with Crippen LogP contribution >= 0.6 is 11.6 Å². The number of esters is 1. The summed E-state index contributed by atoms with van der Waals surface area (Å²) >= 11 is 6.21. The molecule has 0 aromatic heterocycles. The van der Waals surface area contributed by atoms with Crippen molar-refractivity contribution in [3.63, 3.8) is 0 Å². The highest BCUT2D eigenvalue weighted by molar-refractivity contribution is 6.32. The maximum absolute atomic E-state index is 12.2. The van der Waals surface area contributed by atoms with E-state index in [-0.39, 0.29) is 23.6 Å². The van der Waals surface area contributed by atoms with Gasteiger partial charge in [-0.3, -0.25) is 10.1 Å². The molecule has 0 N–H and O–H groups in total. The summed E-state index contributed by atoms with van der Waals surface area (Å²) in [5.41, 5.74) is 0.342. The zero-order chi connectivity index (χ0) is 19.4. The molecule has 0 aliphatic carbocycles. The van der Waals surface area contributed by atoms with Crippen molar-refractivity contribution in [3.05, 3.63) is 56.6 Å². The van der Waals surface area contributed by atoms with Crippen LogP contribution < -0.4 is 14.2 Å². The van der Waals surface area contributed by atoms with Gasteiger partial charge in [0, 0.05) is 12.5 Å². The minimum absolute atomic E-state index is 0.0444. The largest absolute Gasteiger partial charge is 0.490 e. The van der Waals surface area contributed by atoms with Crippen LogP contribution in [0.4, 0.5) is 5.69 Å². The number of fused-ring (bicyclic) bond motifs is 1. The summed E-state index contributed by atoms with van der Waals surface area (Å²) in [7, 11) is 1.31. The summed E-state index contributed by atoms with van der Waals surface area (Å²) in [5.74, 6) is 0.316. The van der Waals surface area contributed by atoms with Crippen molar-refractivity contribution in [2.45, 2.75) is 13.0 Å². The molecule has 0 fully saturated rings. The lowest BCUT2D eigenvalue weighted by molar-refractivity contribution is -0.385. The van der Waals surface area contributed by atoms with Gasteiger partial charge in [-0.05, 0) is 29.8 Å². The van der Waals surface area contributed by atoms with Crippen LogP contribution in [0, 0.1) is 10.1 Å². The van der Waals surface area contributed by atoms with E-state index in [1.165, 1.54) is 19.2 Å². The number of halogens is 1. The fourth-order valence-corrected chi connectivity index (χ4v) is 2.85. The van der Waals surface area contributed by atoms with E-state index in [2.05, 4.69) is 0 Å². The molecule has 0 atom stereocenters. The molecule has 1 aliphatic rings. The number of nitrogens with zero attached hydrogens (tertiary/aromatic N) is 1. The topological polar surface area (TPSA) is 97.1 Å². The average Bonchev–Trinajstić information content (AvgIpc) is 2.91. The van der Waals surface area contributed by atoms with Crippen molar-refractivity contribution in [3.8, 4) is 17.2 Å². The zero-order valence-corrected chi connectivity index (χ0v) is 15.2. The second-order valence-electron chi connectivity index (χ2n) is 5.68. The van der Waals surface area contributed by atoms with Crippen molar-refractivity contribution in [1.29, 1.82) is 0 Å². The van der Waals surface area contributed by atoms with Crippen molar-refractivity contribution >= 4 is 23.3 Å². The van der Waals surface area contributed by atoms with Crippen molar-refractivity contribution < 1.29 is 28.7 Å². The molecular weight excluding hydrogens is 378 g/mol. The Morgan fingerprint density at radius 3 is 2.78 bits per heavy atom. The number of ether oxygens (including phenoxy) is 4. The van der Waals surface area contributed by atoms with Crippen LogP contribution in [-0.2, 0) is 11.3 Å². The predicted molar refractivity (Wildman–Crippen MR) is 95.8 cm³/mol. The second-order valence-corrected chi connectivity index (χ2v) is 6.08. The Balaban J connectivity index is 1.74. The number of benzene rings is 2. The van der Waals surface area contributed by atoms with Crippen LogP contribution in [0.5, 0.6) is 17.2 Å². The standard InChI is InChI=1S/C18H16ClNO7/c1-24-15-4-3-12(9-14(15)20(22)23)18(21)27-10-11-7-13(19)17-16(8-11)25-5-2-6-26-17/h3-4,7-9H,2,5-6,10H2,1H3. The van der Waals surface area contributed by atoms with E-state index in [4.69, 9.17) is 30.5 Å². The fraction of sp³-hybridized carbons (Fsp3) is 0.278. The maximum Gasteiger partial charge on any atom is 0.338 e. The van der Waals surface area contributed by atoms with E-state index < -0.39 is 10.9 Å². The van der Waals surface area contributed by atoms with Crippen molar-refractivity contribution in [2.75, 3.05) is 20.3 Å². The Morgan fingerprint density at radius 1 is 1.26 bits per heavy atom. The molecule has 0 bridgehead atoms. The molecular formula is C18H16ClNO7. The average molecular weight is 394 g/mol. The SMILES string of the molecule is COc1ccc(C(=O)OCc2cc(Cl)c3c(c2)OCCCO3)cc1[N+](=O)[O-]. The van der Waals surface area contributed by atoms with E-state index >= 15 is 0 Å². The molecule has 2 aromatic rings. The lowest BCUT2D eigenvalue weighted by atomic mass is 10.2. The number of nitro benzene ring substituents is 1. The van der Waals surface area contributed by atoms with E-state index in [9.17, 15) is 14.9 Å². The summed E-state index contributed by atoms with van der Waals surface area (Å²) in [5, 5.41) is 11.4. The summed E-state index contributed by atoms with van der Waals surface area (Å²) in [6.45, 7) is 0.939. The first-order chi connectivity index (χ1) is 13.0. The van der Waals surface area contributed by atoms with Gasteiger partial charge in [0.05, 0.1) is 35.8 Å². The highest BCUT2D eigenvalue weighted by Gasteiger charge is 2.20. The molecule has 27 heavy (non-hydrogen) atoms. The summed E-state index contributed by atoms with van der Waals surface area (Å²) in [6, 6.07) is 7.17. The molecule has 0 saturated carbocycles. The number of hydrogen-bond donors (Lipinski definition) is 0. The zero-order valence-electron chi connectivity index (χ0n) is 14.4. The van der Waals surface area contributed by atoms with Gasteiger partial charge >= 0.3 is 11.7 Å². The number of nitro groups is 1. The monoisotopic (exact) mass is 393 g/mol. The van der Waals surface area contributed by atoms with Crippen LogP contribution in [0.3, 0.4) is 0 Å². The second kappa shape index (κ2) is 8.13. The van der Waals surface area contributed by atoms with Crippen molar-refractivity contribution in [1.82, 2.24) is 0 Å². The highest BCUT2D eigenvalue weighted by atomic mass is 35.5. The molecule has 1 aliphatic heterocycles. The van der Waals surface area contributed by atoms with Gasteiger partial charge < -0.3 is 18.9 Å². The van der Waals surface area contributed by atoms with Crippen LogP contribution in [0.25, 0.3) is 0 Å². The highest BCUT2D eigenvalue weighted by Crippen LogP contribution is 2.38. The summed E-state index contributed by atoms with van der Waals surface area (Å²) < 4.78 is 21.3. The fourth-order valence-electron chi connectivity index (χ4n) is 2.56. The van der Waals surface area contributed by atoms with Crippen LogP contribution in [0.15, 0.2) is 30.3 Å². The summed E-state index contributed by atoms with van der Waals surface area (Å²) in [6.07, 6.45) is 0.742. The van der Waals surface area contributed by atoms with Crippen LogP contribution in [0.1, 0.15) is 22.3 Å². The maximum atomic E-state index is 12.2. The normalized spacial score (nSPS) is 12.8. The van der Waals surface area contributed by atoms with E-state index in [0.29, 0.717) is 35.3 Å². The Hall–Kier alpha value is -3.00. The van der Waals surface area contributed by atoms with E-state index in [1.54, 1.807) is 12.1 Å². The molecule has 142 valence electrons. The Kier molecular flexibility index (Phi) is 5.66. The molecule has 0 spiro atoms. The Labute approximate surface area is 159 Å². The van der Waals surface area contributed by atoms with Gasteiger partial charge in [0.2, 0.25) is 0 Å². The molecule has 0 unspecified atom stereocenters. The van der Waals surface area contributed by atoms with Gasteiger partial charge in [0.1, 0.15) is 6.61 Å². The molecule has 0 radical (unpaired) electrons. The number of rotatable bonds is 5. The minimum atomic E-state index is -0.705. The predicted octanol–water partition coefficient (Wildman–Crippen LogP) is 3.78. The van der Waals surface area contributed by atoms with Gasteiger partial charge in [0.25, 0.3) is 0 Å². The third-order valence-corrected chi connectivity index (χ3v) is 4.12. The first-order valence-electron chi connectivity index (χ1n) is 8.07. The van der Waals surface area contributed by atoms with Gasteiger partial charge in [-0.1, -0.05) is 11.6 Å². The van der Waals surface area contributed by atoms with E-state index in [0.717, 1.165) is 12.5 Å². The number of carbonyl (C=O) groups excluding carboxylic acids is 1. The molecule has 2 aromatic carbocycles. The minimum Gasteiger partial charge on any atom is -0.490 e. The molecule has 8 nitrogen and oxygen atoms in total. The molecule has 1 heterocycles. The molecule has 9 heteroatoms. The van der Waals surface area contributed by atoms with Gasteiger partial charge in [-0.2, -0.15) is 0 Å². The van der Waals surface area contributed by atoms with Gasteiger partial charge in [-0.25, -0.2) is 4.79 Å². The molecule has 0 saturated heterocycles. The van der Waals surface area contributed by atoms with Gasteiger partial charge in [0.15, 0.2) is 17.2 Å². The third-order valence-electron chi connectivity index (χ3n) is 3.84.